The van der Waals surface area contributed by atoms with Crippen LogP contribution in [0.3, 0.4) is 0 Å². The molecule has 14 nitrogen and oxygen atoms in total. The lowest BCUT2D eigenvalue weighted by molar-refractivity contribution is -0.141. The number of amides is 5. The molecule has 0 spiro atoms. The van der Waals surface area contributed by atoms with Gasteiger partial charge in [-0.2, -0.15) is 0 Å². The monoisotopic (exact) mass is 681 g/mol. The number of carboxylic acids is 1. The van der Waals surface area contributed by atoms with Gasteiger partial charge in [0, 0.05) is 12.8 Å². The van der Waals surface area contributed by atoms with Gasteiger partial charge >= 0.3 is 5.97 Å². The Morgan fingerprint density at radius 2 is 1.08 bits per heavy atom. The minimum Gasteiger partial charge on any atom is -0.480 e. The van der Waals surface area contributed by atoms with Crippen LogP contribution in [-0.4, -0.2) is 83.4 Å². The van der Waals surface area contributed by atoms with Crippen molar-refractivity contribution < 1.29 is 33.9 Å². The molecular formula is C35H51N7O7. The Morgan fingerprint density at radius 3 is 1.55 bits per heavy atom. The van der Waals surface area contributed by atoms with Gasteiger partial charge in [-0.25, -0.2) is 0 Å². The summed E-state index contributed by atoms with van der Waals surface area (Å²) in [7, 11) is 0. The number of aliphatic carboxylic acids is 1. The molecule has 49 heavy (non-hydrogen) atoms. The van der Waals surface area contributed by atoms with Crippen molar-refractivity contribution >= 4 is 35.5 Å². The number of nitrogens with two attached hydrogens (primary N) is 2. The quantitative estimate of drug-likeness (QED) is 0.0886. The summed E-state index contributed by atoms with van der Waals surface area (Å²) >= 11 is 0. The highest BCUT2D eigenvalue weighted by atomic mass is 16.4. The molecule has 268 valence electrons. The van der Waals surface area contributed by atoms with Crippen LogP contribution >= 0.6 is 0 Å². The molecule has 10 N–H and O–H groups in total. The highest BCUT2D eigenvalue weighted by Gasteiger charge is 2.33. The maximum atomic E-state index is 13.8. The highest BCUT2D eigenvalue weighted by molar-refractivity contribution is 5.96. The summed E-state index contributed by atoms with van der Waals surface area (Å²) in [5.74, 6) is -4.83. The van der Waals surface area contributed by atoms with E-state index in [0.29, 0.717) is 19.4 Å². The molecule has 0 heterocycles. The van der Waals surface area contributed by atoms with Crippen LogP contribution < -0.4 is 38.1 Å². The van der Waals surface area contributed by atoms with Gasteiger partial charge < -0.3 is 43.2 Å². The van der Waals surface area contributed by atoms with Crippen LogP contribution in [0.25, 0.3) is 0 Å². The van der Waals surface area contributed by atoms with Crippen molar-refractivity contribution in [3.63, 3.8) is 0 Å². The second-order valence-corrected chi connectivity index (χ2v) is 12.4. The Bertz CT molecular complexity index is 1390. The second kappa shape index (κ2) is 20.5. The van der Waals surface area contributed by atoms with E-state index in [4.69, 9.17) is 11.5 Å². The molecule has 0 saturated carbocycles. The number of hydrogen-bond acceptors (Lipinski definition) is 8. The zero-order valence-electron chi connectivity index (χ0n) is 28.6. The molecule has 0 aromatic heterocycles. The summed E-state index contributed by atoms with van der Waals surface area (Å²) in [6, 6.07) is 11.3. The topological polar surface area (TPSA) is 235 Å². The van der Waals surface area contributed by atoms with Gasteiger partial charge in [0.05, 0.1) is 6.04 Å². The van der Waals surface area contributed by atoms with E-state index in [2.05, 4.69) is 26.6 Å². The third-order valence-corrected chi connectivity index (χ3v) is 7.87. The predicted octanol–water partition coefficient (Wildman–Crippen LogP) is 0.133. The van der Waals surface area contributed by atoms with E-state index in [1.807, 2.05) is 0 Å². The van der Waals surface area contributed by atoms with Crippen LogP contribution in [0.1, 0.15) is 58.1 Å². The fourth-order valence-corrected chi connectivity index (χ4v) is 4.87. The molecule has 0 unspecified atom stereocenters. The zero-order chi connectivity index (χ0) is 36.5. The number of hydrogen-bond donors (Lipinski definition) is 8. The molecule has 2 rings (SSSR count). The molecule has 6 atom stereocenters. The third-order valence-electron chi connectivity index (χ3n) is 7.87. The maximum Gasteiger partial charge on any atom is 0.325 e. The molecule has 0 radical (unpaired) electrons. The molecule has 5 amide bonds. The molecule has 0 aliphatic heterocycles. The SMILES string of the molecule is CC(C)[C@H](NC(=O)[C@H](C)NC(=O)[C@@H](N)CCCCN)C(=O)N[C@@H](Cc1ccccc1)C(=O)N[C@@H](Cc1ccccc1)C(=O)N[C@@H](C)C(=O)O. The summed E-state index contributed by atoms with van der Waals surface area (Å²) in [6.45, 7) is 6.71. The first-order valence-corrected chi connectivity index (χ1v) is 16.5. The van der Waals surface area contributed by atoms with Crippen LogP contribution in [0, 0.1) is 5.92 Å². The predicted molar refractivity (Wildman–Crippen MR) is 185 cm³/mol. The van der Waals surface area contributed by atoms with Crippen LogP contribution in [0.4, 0.5) is 0 Å². The van der Waals surface area contributed by atoms with Crippen molar-refractivity contribution in [3.8, 4) is 0 Å². The van der Waals surface area contributed by atoms with Gasteiger partial charge in [-0.05, 0) is 50.3 Å². The summed E-state index contributed by atoms with van der Waals surface area (Å²) in [6.07, 6.45) is 1.90. The van der Waals surface area contributed by atoms with Gasteiger partial charge in [0.25, 0.3) is 0 Å². The van der Waals surface area contributed by atoms with E-state index in [1.165, 1.54) is 13.8 Å². The van der Waals surface area contributed by atoms with Crippen molar-refractivity contribution in [2.45, 2.75) is 96.1 Å². The smallest absolute Gasteiger partial charge is 0.325 e. The number of carbonyl (C=O) groups is 6. The van der Waals surface area contributed by atoms with Gasteiger partial charge in [0.15, 0.2) is 0 Å². The van der Waals surface area contributed by atoms with Crippen LogP contribution in [0.15, 0.2) is 60.7 Å². The van der Waals surface area contributed by atoms with Crippen LogP contribution in [0.2, 0.25) is 0 Å². The molecular weight excluding hydrogens is 630 g/mol. The first-order chi connectivity index (χ1) is 23.2. The number of benzene rings is 2. The summed E-state index contributed by atoms with van der Waals surface area (Å²) in [5, 5.41) is 22.4. The molecule has 2 aromatic rings. The molecule has 14 heteroatoms. The van der Waals surface area contributed by atoms with E-state index < -0.39 is 77.7 Å². The van der Waals surface area contributed by atoms with E-state index in [0.717, 1.165) is 17.5 Å². The Labute approximate surface area is 287 Å². The van der Waals surface area contributed by atoms with Gasteiger partial charge in [-0.3, -0.25) is 28.8 Å². The highest BCUT2D eigenvalue weighted by Crippen LogP contribution is 2.10. The maximum absolute atomic E-state index is 13.8. The molecule has 2 aromatic carbocycles. The lowest BCUT2D eigenvalue weighted by atomic mass is 9.99. The van der Waals surface area contributed by atoms with Crippen molar-refractivity contribution in [3.05, 3.63) is 71.8 Å². The average Bonchev–Trinajstić information content (AvgIpc) is 3.06. The van der Waals surface area contributed by atoms with Crippen molar-refractivity contribution in [1.82, 2.24) is 26.6 Å². The first-order valence-electron chi connectivity index (χ1n) is 16.5. The Kier molecular flexibility index (Phi) is 16.9. The van der Waals surface area contributed by atoms with E-state index in [1.54, 1.807) is 74.5 Å². The zero-order valence-corrected chi connectivity index (χ0v) is 28.6. The van der Waals surface area contributed by atoms with Crippen molar-refractivity contribution in [1.29, 1.82) is 0 Å². The van der Waals surface area contributed by atoms with E-state index in [-0.39, 0.29) is 12.8 Å². The standard InChI is InChI=1S/C35H51N7O7/c1-21(2)29(42-30(43)22(3)38-31(44)26(37)17-11-12-18-36)34(47)41-28(20-25-15-9-6-10-16-25)33(46)40-27(19-24-13-7-5-8-14-24)32(45)39-23(4)35(48)49/h5-10,13-16,21-23,26-29H,11-12,17-20,36-37H2,1-4H3,(H,38,44)(H,39,45)(H,40,46)(H,41,47)(H,42,43)(H,48,49)/t22-,23-,26-,27-,28-,29-/m0/s1. The summed E-state index contributed by atoms with van der Waals surface area (Å²) in [5.41, 5.74) is 12.9. The molecule has 0 aliphatic carbocycles. The van der Waals surface area contributed by atoms with Crippen molar-refractivity contribution in [2.75, 3.05) is 6.54 Å². The minimum absolute atomic E-state index is 0.0525. The lowest BCUT2D eigenvalue weighted by Crippen LogP contribution is -2.60. The Hall–Kier alpha value is -4.82. The van der Waals surface area contributed by atoms with Gasteiger partial charge in [-0.15, -0.1) is 0 Å². The fourth-order valence-electron chi connectivity index (χ4n) is 4.87. The lowest BCUT2D eigenvalue weighted by Gasteiger charge is -2.28. The third kappa shape index (κ3) is 14.1. The van der Waals surface area contributed by atoms with E-state index >= 15 is 0 Å². The van der Waals surface area contributed by atoms with Gasteiger partial charge in [-0.1, -0.05) is 80.9 Å². The fraction of sp³-hybridized carbons (Fsp3) is 0.486. The van der Waals surface area contributed by atoms with Crippen LogP contribution in [-0.2, 0) is 41.6 Å². The molecule has 0 bridgehead atoms. The van der Waals surface area contributed by atoms with Gasteiger partial charge in [0.2, 0.25) is 29.5 Å². The van der Waals surface area contributed by atoms with Crippen LogP contribution in [0.5, 0.6) is 0 Å². The Balaban J connectivity index is 2.25. The largest absolute Gasteiger partial charge is 0.480 e. The first kappa shape index (κ1) is 40.4. The minimum atomic E-state index is -1.24. The molecule has 0 saturated heterocycles. The second-order valence-electron chi connectivity index (χ2n) is 12.4. The molecule has 0 aliphatic rings. The average molecular weight is 682 g/mol. The number of carbonyl (C=O) groups excluding carboxylic acids is 5. The molecule has 0 fully saturated rings. The number of nitrogens with one attached hydrogen (secondary N) is 5. The normalized spacial score (nSPS) is 14.7. The van der Waals surface area contributed by atoms with Crippen molar-refractivity contribution in [2.24, 2.45) is 17.4 Å². The Morgan fingerprint density at radius 1 is 0.612 bits per heavy atom. The number of carboxylic acid groups (broad SMARTS) is 1. The van der Waals surface area contributed by atoms with E-state index in [9.17, 15) is 33.9 Å². The number of unbranched alkanes of at least 4 members (excludes halogenated alkanes) is 1. The van der Waals surface area contributed by atoms with Gasteiger partial charge in [0.1, 0.15) is 30.2 Å². The summed E-state index contributed by atoms with van der Waals surface area (Å²) < 4.78 is 0. The summed E-state index contributed by atoms with van der Waals surface area (Å²) in [4.78, 5) is 77.8. The number of rotatable bonds is 20.